The highest BCUT2D eigenvalue weighted by Gasteiger charge is 2.50. The van der Waals surface area contributed by atoms with E-state index in [0.717, 1.165) is 10.4 Å². The van der Waals surface area contributed by atoms with Crippen LogP contribution in [0.3, 0.4) is 0 Å². The second kappa shape index (κ2) is 12.4. The van der Waals surface area contributed by atoms with Gasteiger partial charge in [-0.1, -0.05) is 93.0 Å². The van der Waals surface area contributed by atoms with Crippen molar-refractivity contribution in [2.45, 2.75) is 58.5 Å². The molecule has 0 aliphatic carbocycles. The second-order valence-corrected chi connectivity index (χ2v) is 17.4. The number of thiazole rings is 1. The third-order valence-corrected chi connectivity index (χ3v) is 13.9. The van der Waals surface area contributed by atoms with E-state index in [2.05, 4.69) is 54.9 Å². The smallest absolute Gasteiger partial charge is 0.261 e. The highest BCUT2D eigenvalue weighted by atomic mass is 35.5. The topological polar surface area (TPSA) is 51.7 Å². The van der Waals surface area contributed by atoms with Gasteiger partial charge in [-0.3, -0.25) is 9.78 Å². The minimum Gasteiger partial charge on any atom is -0.403 e. The van der Waals surface area contributed by atoms with Gasteiger partial charge in [0.1, 0.15) is 5.02 Å². The van der Waals surface area contributed by atoms with Gasteiger partial charge >= 0.3 is 0 Å². The summed E-state index contributed by atoms with van der Waals surface area (Å²) >= 11 is 8.02. The molecule has 0 bridgehead atoms. The number of anilines is 1. The van der Waals surface area contributed by atoms with Crippen LogP contribution < -0.4 is 15.3 Å². The van der Waals surface area contributed by atoms with Gasteiger partial charge in [-0.2, -0.15) is 0 Å². The molecule has 0 amide bonds. The maximum Gasteiger partial charge on any atom is 0.261 e. The molecule has 9 heteroatoms. The minimum atomic E-state index is -2.93. The molecule has 42 heavy (non-hydrogen) atoms. The van der Waals surface area contributed by atoms with E-state index in [1.807, 2.05) is 50.2 Å². The number of aromatic nitrogens is 1. The predicted octanol–water partition coefficient (Wildman–Crippen LogP) is 6.86. The molecule has 1 fully saturated rings. The van der Waals surface area contributed by atoms with Crippen molar-refractivity contribution in [3.8, 4) is 0 Å². The van der Waals surface area contributed by atoms with Crippen LogP contribution in [0.15, 0.2) is 78.4 Å². The van der Waals surface area contributed by atoms with Crippen LogP contribution in [0.2, 0.25) is 10.1 Å². The zero-order valence-corrected chi connectivity index (χ0v) is 27.1. The number of carbonyl (C=O) groups excluding carboxylic acids is 1. The molecule has 220 valence electrons. The van der Waals surface area contributed by atoms with Gasteiger partial charge < -0.3 is 14.1 Å². The van der Waals surface area contributed by atoms with Gasteiger partial charge in [0.15, 0.2) is 5.82 Å². The number of benzene rings is 3. The Morgan fingerprint density at radius 1 is 1.07 bits per heavy atom. The largest absolute Gasteiger partial charge is 0.403 e. The monoisotopic (exact) mass is 622 g/mol. The number of halogens is 2. The Kier molecular flexibility index (Phi) is 9.01. The summed E-state index contributed by atoms with van der Waals surface area (Å²) in [5.74, 6) is -1.18. The lowest BCUT2D eigenvalue weighted by Gasteiger charge is -2.43. The van der Waals surface area contributed by atoms with E-state index >= 15 is 4.39 Å². The molecule has 2 atom stereocenters. The van der Waals surface area contributed by atoms with Crippen molar-refractivity contribution in [3.63, 3.8) is 0 Å². The lowest BCUT2D eigenvalue weighted by Crippen LogP contribution is -2.66. The molecule has 5 nitrogen and oxygen atoms in total. The third kappa shape index (κ3) is 5.83. The molecular weight excluding hydrogens is 587 g/mol. The SMILES string of the molecule is CC1CN(c2c(CO[Si](c3ccccc3)(c3ccccc3)C(C)(C)C)cc(C(=O)c3cncs3)c(F)c2Cl)CC(C)O1. The van der Waals surface area contributed by atoms with E-state index in [0.29, 0.717) is 29.2 Å². The number of morpholine rings is 1. The average molecular weight is 623 g/mol. The second-order valence-electron chi connectivity index (χ2n) is 11.9. The lowest BCUT2D eigenvalue weighted by molar-refractivity contribution is -0.00532. The number of ether oxygens (including phenoxy) is 1. The Bertz CT molecular complexity index is 1480. The zero-order valence-electron chi connectivity index (χ0n) is 24.6. The Hall–Kier alpha value is -2.88. The Balaban J connectivity index is 1.68. The first-order valence-electron chi connectivity index (χ1n) is 14.1. The summed E-state index contributed by atoms with van der Waals surface area (Å²) in [4.78, 5) is 19.9. The van der Waals surface area contributed by atoms with E-state index in [1.54, 1.807) is 11.6 Å². The van der Waals surface area contributed by atoms with Crippen LogP contribution in [0, 0.1) is 5.82 Å². The molecule has 3 aromatic carbocycles. The summed E-state index contributed by atoms with van der Waals surface area (Å²) in [7, 11) is -2.93. The van der Waals surface area contributed by atoms with Gasteiger partial charge in [0.2, 0.25) is 5.78 Å². The van der Waals surface area contributed by atoms with E-state index < -0.39 is 19.9 Å². The molecule has 5 rings (SSSR count). The van der Waals surface area contributed by atoms with E-state index in [-0.39, 0.29) is 34.4 Å². The summed E-state index contributed by atoms with van der Waals surface area (Å²) < 4.78 is 29.2. The summed E-state index contributed by atoms with van der Waals surface area (Å²) in [6.45, 7) is 11.8. The number of ketones is 1. The lowest BCUT2D eigenvalue weighted by atomic mass is 10.0. The molecule has 2 heterocycles. The highest BCUT2D eigenvalue weighted by molar-refractivity contribution is 7.12. The fraction of sp³-hybridized carbons (Fsp3) is 0.333. The van der Waals surface area contributed by atoms with Crippen molar-refractivity contribution in [1.82, 2.24) is 4.98 Å². The Morgan fingerprint density at radius 3 is 2.14 bits per heavy atom. The summed E-state index contributed by atoms with van der Waals surface area (Å²) in [6, 6.07) is 22.3. The van der Waals surface area contributed by atoms with Crippen LogP contribution in [0.1, 0.15) is 55.4 Å². The molecule has 4 aromatic rings. The third-order valence-electron chi connectivity index (χ3n) is 7.76. The Morgan fingerprint density at radius 2 is 1.64 bits per heavy atom. The first kappa shape index (κ1) is 30.6. The maximum absolute atomic E-state index is 16.0. The van der Waals surface area contributed by atoms with Crippen molar-refractivity contribution >= 4 is 53.1 Å². The van der Waals surface area contributed by atoms with Crippen LogP contribution in [-0.4, -0.2) is 44.4 Å². The van der Waals surface area contributed by atoms with Gasteiger partial charge in [0.25, 0.3) is 8.32 Å². The van der Waals surface area contributed by atoms with Crippen LogP contribution in [0.25, 0.3) is 0 Å². The standard InChI is InChI=1S/C33H36ClFN2O3SSi/c1-22-18-37(19-23(2)40-22)31-24(16-27(30(35)29(31)34)32(38)28-17-36-21-41-28)20-39-42(33(3,4)5,25-12-8-6-9-13-25)26-14-10-7-11-15-26/h6-17,21-23H,18-20H2,1-5H3. The number of hydrogen-bond donors (Lipinski definition) is 0. The van der Waals surface area contributed by atoms with Crippen LogP contribution in [-0.2, 0) is 15.8 Å². The van der Waals surface area contributed by atoms with E-state index in [1.165, 1.54) is 17.5 Å². The fourth-order valence-electron chi connectivity index (χ4n) is 6.05. The molecule has 0 saturated carbocycles. The normalized spacial score (nSPS) is 17.8. The first-order chi connectivity index (χ1) is 20.0. The zero-order chi connectivity index (χ0) is 30.1. The van der Waals surface area contributed by atoms with E-state index in [9.17, 15) is 4.79 Å². The van der Waals surface area contributed by atoms with Crippen LogP contribution >= 0.6 is 22.9 Å². The molecule has 2 unspecified atom stereocenters. The molecule has 1 aliphatic heterocycles. The van der Waals surface area contributed by atoms with Crippen molar-refractivity contribution in [1.29, 1.82) is 0 Å². The molecule has 0 N–H and O–H groups in total. The van der Waals surface area contributed by atoms with Gasteiger partial charge in [-0.15, -0.1) is 11.3 Å². The molecule has 0 spiro atoms. The quantitative estimate of drug-likeness (QED) is 0.159. The predicted molar refractivity (Wildman–Crippen MR) is 172 cm³/mol. The van der Waals surface area contributed by atoms with Gasteiger partial charge in [0.05, 0.1) is 40.5 Å². The van der Waals surface area contributed by atoms with E-state index in [4.69, 9.17) is 20.8 Å². The minimum absolute atomic E-state index is 0.0724. The molecule has 0 radical (unpaired) electrons. The van der Waals surface area contributed by atoms with Crippen molar-refractivity contribution in [2.75, 3.05) is 18.0 Å². The van der Waals surface area contributed by atoms with Crippen molar-refractivity contribution in [3.05, 3.63) is 105 Å². The highest BCUT2D eigenvalue weighted by Crippen LogP contribution is 2.41. The Labute approximate surface area is 257 Å². The van der Waals surface area contributed by atoms with Crippen LogP contribution in [0.4, 0.5) is 10.1 Å². The maximum atomic E-state index is 16.0. The molecule has 1 saturated heterocycles. The summed E-state index contributed by atoms with van der Waals surface area (Å²) in [5, 5.41) is 1.93. The average Bonchev–Trinajstić information content (AvgIpc) is 3.50. The number of rotatable bonds is 8. The number of nitrogens with zero attached hydrogens (tertiary/aromatic N) is 2. The fourth-order valence-corrected chi connectivity index (χ4v) is 11.5. The summed E-state index contributed by atoms with van der Waals surface area (Å²) in [6.07, 6.45) is 1.31. The van der Waals surface area contributed by atoms with Gasteiger partial charge in [-0.25, -0.2) is 4.39 Å². The van der Waals surface area contributed by atoms with Crippen LogP contribution in [0.5, 0.6) is 0 Å². The van der Waals surface area contributed by atoms with Gasteiger partial charge in [-0.05, 0) is 35.3 Å². The van der Waals surface area contributed by atoms with Gasteiger partial charge in [0, 0.05) is 24.8 Å². The number of carbonyl (C=O) groups is 1. The molecule has 1 aliphatic rings. The summed E-state index contributed by atoms with van der Waals surface area (Å²) in [5.41, 5.74) is 2.70. The molecular formula is C33H36ClFN2O3SSi. The number of hydrogen-bond acceptors (Lipinski definition) is 6. The van der Waals surface area contributed by atoms with Crippen molar-refractivity contribution in [2.24, 2.45) is 0 Å². The molecule has 1 aromatic heterocycles. The van der Waals surface area contributed by atoms with Crippen molar-refractivity contribution < 1.29 is 18.3 Å². The first-order valence-corrected chi connectivity index (χ1v) is 17.3.